The lowest BCUT2D eigenvalue weighted by atomic mass is 10.1. The summed E-state index contributed by atoms with van der Waals surface area (Å²) in [7, 11) is 0. The lowest BCUT2D eigenvalue weighted by molar-refractivity contribution is -0.130. The topological polar surface area (TPSA) is 65.5 Å². The Morgan fingerprint density at radius 3 is 2.48 bits per heavy atom. The van der Waals surface area contributed by atoms with Crippen LogP contribution in [0.4, 0.5) is 20.3 Å². The molecule has 33 heavy (non-hydrogen) atoms. The van der Waals surface area contributed by atoms with Crippen molar-refractivity contribution in [3.63, 3.8) is 0 Å². The minimum Gasteiger partial charge on any atom is -0.355 e. The molecule has 8 heteroatoms. The predicted molar refractivity (Wildman–Crippen MR) is 122 cm³/mol. The van der Waals surface area contributed by atoms with Crippen molar-refractivity contribution in [1.82, 2.24) is 9.88 Å². The molecule has 2 aromatic carbocycles. The standard InChI is InChI=1S/C25H24F2N4O2/c26-19-7-9-21(22(27)16-19)25(33)29-20-8-10-23(28-17-20)30-11-4-12-31(14-13-30)24(32)15-18-5-2-1-3-6-18/h1-3,5-10,16-17H,4,11-15H2,(H,29,33). The van der Waals surface area contributed by atoms with Gasteiger partial charge in [0, 0.05) is 32.2 Å². The number of anilines is 2. The fourth-order valence-electron chi connectivity index (χ4n) is 3.80. The van der Waals surface area contributed by atoms with E-state index in [0.29, 0.717) is 37.8 Å². The van der Waals surface area contributed by atoms with Crippen molar-refractivity contribution < 1.29 is 18.4 Å². The normalized spacial score (nSPS) is 14.0. The van der Waals surface area contributed by atoms with E-state index < -0.39 is 17.5 Å². The number of pyridine rings is 1. The van der Waals surface area contributed by atoms with E-state index in [1.807, 2.05) is 35.2 Å². The summed E-state index contributed by atoms with van der Waals surface area (Å²) in [5.74, 6) is -1.49. The Morgan fingerprint density at radius 1 is 0.939 bits per heavy atom. The predicted octanol–water partition coefficient (Wildman–Crippen LogP) is 3.89. The van der Waals surface area contributed by atoms with Crippen LogP contribution in [0.25, 0.3) is 0 Å². The highest BCUT2D eigenvalue weighted by Crippen LogP contribution is 2.18. The highest BCUT2D eigenvalue weighted by atomic mass is 19.1. The largest absolute Gasteiger partial charge is 0.355 e. The van der Waals surface area contributed by atoms with E-state index in [4.69, 9.17) is 0 Å². The zero-order valence-corrected chi connectivity index (χ0v) is 18.0. The van der Waals surface area contributed by atoms with Crippen molar-refractivity contribution in [3.8, 4) is 0 Å². The van der Waals surface area contributed by atoms with Crippen LogP contribution in [0.15, 0.2) is 66.9 Å². The summed E-state index contributed by atoms with van der Waals surface area (Å²) >= 11 is 0. The minimum atomic E-state index is -0.923. The van der Waals surface area contributed by atoms with Crippen molar-refractivity contribution in [2.75, 3.05) is 36.4 Å². The third-order valence-electron chi connectivity index (χ3n) is 5.55. The molecule has 1 aliphatic rings. The second kappa shape index (κ2) is 10.2. The average Bonchev–Trinajstić information content (AvgIpc) is 3.07. The van der Waals surface area contributed by atoms with Gasteiger partial charge in [0.1, 0.15) is 17.5 Å². The number of nitrogens with one attached hydrogen (secondary N) is 1. The van der Waals surface area contributed by atoms with E-state index in [0.717, 1.165) is 36.5 Å². The number of amides is 2. The third-order valence-corrected chi connectivity index (χ3v) is 5.55. The maximum atomic E-state index is 13.8. The number of carbonyl (C=O) groups is 2. The van der Waals surface area contributed by atoms with Crippen molar-refractivity contribution in [3.05, 3.63) is 89.6 Å². The first-order valence-corrected chi connectivity index (χ1v) is 10.8. The van der Waals surface area contributed by atoms with E-state index in [-0.39, 0.29) is 11.5 Å². The molecule has 0 radical (unpaired) electrons. The Balaban J connectivity index is 1.34. The van der Waals surface area contributed by atoms with E-state index in [9.17, 15) is 18.4 Å². The fourth-order valence-corrected chi connectivity index (χ4v) is 3.80. The monoisotopic (exact) mass is 450 g/mol. The highest BCUT2D eigenvalue weighted by molar-refractivity contribution is 6.04. The maximum absolute atomic E-state index is 13.8. The van der Waals surface area contributed by atoms with Crippen LogP contribution in [0.5, 0.6) is 0 Å². The lowest BCUT2D eigenvalue weighted by Crippen LogP contribution is -2.36. The van der Waals surface area contributed by atoms with Crippen molar-refractivity contribution in [1.29, 1.82) is 0 Å². The maximum Gasteiger partial charge on any atom is 0.258 e. The van der Waals surface area contributed by atoms with Crippen LogP contribution < -0.4 is 10.2 Å². The Morgan fingerprint density at radius 2 is 1.76 bits per heavy atom. The summed E-state index contributed by atoms with van der Waals surface area (Å²) in [6, 6.07) is 16.0. The van der Waals surface area contributed by atoms with Crippen LogP contribution in [0.3, 0.4) is 0 Å². The molecule has 4 rings (SSSR count). The van der Waals surface area contributed by atoms with Gasteiger partial charge in [-0.3, -0.25) is 9.59 Å². The van der Waals surface area contributed by atoms with Crippen molar-refractivity contribution in [2.45, 2.75) is 12.8 Å². The van der Waals surface area contributed by atoms with Crippen LogP contribution >= 0.6 is 0 Å². The SMILES string of the molecule is O=C(Nc1ccc(N2CCCN(C(=O)Cc3ccccc3)CC2)nc1)c1ccc(F)cc1F. The molecule has 0 atom stereocenters. The summed E-state index contributed by atoms with van der Waals surface area (Å²) < 4.78 is 26.9. The Hall–Kier alpha value is -3.81. The van der Waals surface area contributed by atoms with Gasteiger partial charge in [-0.15, -0.1) is 0 Å². The molecule has 1 aromatic heterocycles. The van der Waals surface area contributed by atoms with E-state index in [2.05, 4.69) is 15.2 Å². The molecule has 3 aromatic rings. The van der Waals surface area contributed by atoms with Gasteiger partial charge in [-0.2, -0.15) is 0 Å². The molecular weight excluding hydrogens is 426 g/mol. The quantitative estimate of drug-likeness (QED) is 0.641. The number of aromatic nitrogens is 1. The molecule has 1 fully saturated rings. The van der Waals surface area contributed by atoms with Crippen LogP contribution in [0, 0.1) is 11.6 Å². The van der Waals surface area contributed by atoms with Crippen molar-refractivity contribution in [2.24, 2.45) is 0 Å². The van der Waals surface area contributed by atoms with Gasteiger partial charge in [0.15, 0.2) is 0 Å². The molecule has 0 bridgehead atoms. The number of hydrogen-bond donors (Lipinski definition) is 1. The third kappa shape index (κ3) is 5.71. The first kappa shape index (κ1) is 22.4. The fraction of sp³-hybridized carbons (Fsp3) is 0.240. The first-order valence-electron chi connectivity index (χ1n) is 10.8. The summed E-state index contributed by atoms with van der Waals surface area (Å²) in [6.07, 6.45) is 2.71. The number of benzene rings is 2. The summed E-state index contributed by atoms with van der Waals surface area (Å²) in [4.78, 5) is 33.3. The Kier molecular flexibility index (Phi) is 6.92. The molecule has 0 saturated carbocycles. The average molecular weight is 450 g/mol. The smallest absolute Gasteiger partial charge is 0.258 e. The molecule has 0 unspecified atom stereocenters. The number of carbonyl (C=O) groups excluding carboxylic acids is 2. The van der Waals surface area contributed by atoms with E-state index >= 15 is 0 Å². The number of hydrogen-bond acceptors (Lipinski definition) is 4. The highest BCUT2D eigenvalue weighted by Gasteiger charge is 2.20. The number of rotatable bonds is 5. The van der Waals surface area contributed by atoms with E-state index in [1.54, 1.807) is 12.1 Å². The van der Waals surface area contributed by atoms with Crippen molar-refractivity contribution >= 4 is 23.3 Å². The van der Waals surface area contributed by atoms with Gasteiger partial charge in [-0.1, -0.05) is 30.3 Å². The van der Waals surface area contributed by atoms with Gasteiger partial charge in [-0.05, 0) is 36.2 Å². The molecule has 170 valence electrons. The molecule has 0 aliphatic carbocycles. The summed E-state index contributed by atoms with van der Waals surface area (Å²) in [5.41, 5.74) is 1.17. The second-order valence-corrected chi connectivity index (χ2v) is 7.87. The van der Waals surface area contributed by atoms with Crippen LogP contribution in [-0.2, 0) is 11.2 Å². The molecule has 1 aliphatic heterocycles. The minimum absolute atomic E-state index is 0.113. The number of nitrogens with zero attached hydrogens (tertiary/aromatic N) is 3. The number of halogens is 2. The first-order chi connectivity index (χ1) is 16.0. The van der Waals surface area contributed by atoms with Gasteiger partial charge < -0.3 is 15.1 Å². The molecule has 0 spiro atoms. The summed E-state index contributed by atoms with van der Waals surface area (Å²) in [6.45, 7) is 2.71. The van der Waals surface area contributed by atoms with Gasteiger partial charge in [0.05, 0.1) is 23.9 Å². The Labute approximate surface area is 190 Å². The van der Waals surface area contributed by atoms with Gasteiger partial charge in [-0.25, -0.2) is 13.8 Å². The molecule has 6 nitrogen and oxygen atoms in total. The molecule has 1 N–H and O–H groups in total. The zero-order valence-electron chi connectivity index (χ0n) is 18.0. The van der Waals surface area contributed by atoms with Crippen LogP contribution in [0.2, 0.25) is 0 Å². The molecular formula is C25H24F2N4O2. The molecule has 2 amide bonds. The summed E-state index contributed by atoms with van der Waals surface area (Å²) in [5, 5.41) is 2.57. The zero-order chi connectivity index (χ0) is 23.2. The van der Waals surface area contributed by atoms with Gasteiger partial charge >= 0.3 is 0 Å². The van der Waals surface area contributed by atoms with Crippen LogP contribution in [0.1, 0.15) is 22.3 Å². The lowest BCUT2D eigenvalue weighted by Gasteiger charge is -2.23. The Bertz CT molecular complexity index is 1120. The van der Waals surface area contributed by atoms with E-state index in [1.165, 1.54) is 6.20 Å². The second-order valence-electron chi connectivity index (χ2n) is 7.87. The molecule has 1 saturated heterocycles. The molecule has 2 heterocycles. The van der Waals surface area contributed by atoms with Gasteiger partial charge in [0.2, 0.25) is 5.91 Å². The van der Waals surface area contributed by atoms with Crippen LogP contribution in [-0.4, -0.2) is 47.9 Å². The van der Waals surface area contributed by atoms with Gasteiger partial charge in [0.25, 0.3) is 5.91 Å².